The maximum atomic E-state index is 13.0. The van der Waals surface area contributed by atoms with E-state index in [-0.39, 0.29) is 23.3 Å². The quantitative estimate of drug-likeness (QED) is 0.401. The number of para-hydroxylation sites is 2. The number of benzene rings is 2. The molecular weight excluding hydrogens is 398 g/mol. The Morgan fingerprint density at radius 3 is 2.63 bits per heavy atom. The number of methoxy groups -OCH3 is 1. The molecule has 0 fully saturated rings. The summed E-state index contributed by atoms with van der Waals surface area (Å²) < 4.78 is 7.08. The molecule has 1 heterocycles. The molecule has 3 rings (SSSR count). The van der Waals surface area contributed by atoms with Crippen molar-refractivity contribution in [3.63, 3.8) is 0 Å². The van der Waals surface area contributed by atoms with Gasteiger partial charge in [-0.25, -0.2) is 4.98 Å². The van der Waals surface area contributed by atoms with E-state index < -0.39 is 0 Å². The number of hydrogen-bond donors (Lipinski definition) is 0. The van der Waals surface area contributed by atoms with E-state index in [4.69, 9.17) is 4.74 Å². The number of fused-ring (bicyclic) bond motifs is 1. The van der Waals surface area contributed by atoms with Crippen molar-refractivity contribution < 1.29 is 9.53 Å². The van der Waals surface area contributed by atoms with Crippen LogP contribution in [-0.4, -0.2) is 40.3 Å². The van der Waals surface area contributed by atoms with Crippen molar-refractivity contribution in [2.24, 2.45) is 0 Å². The second kappa shape index (κ2) is 9.80. The zero-order valence-electron chi connectivity index (χ0n) is 17.8. The summed E-state index contributed by atoms with van der Waals surface area (Å²) in [5.41, 5.74) is 1.54. The molecule has 6 nitrogen and oxygen atoms in total. The van der Waals surface area contributed by atoms with Crippen LogP contribution in [0.25, 0.3) is 10.9 Å². The number of thioether (sulfide) groups is 1. The Hall–Kier alpha value is -2.80. The first-order chi connectivity index (χ1) is 14.5. The second-order valence-electron chi connectivity index (χ2n) is 7.19. The normalized spacial score (nSPS) is 12.0. The van der Waals surface area contributed by atoms with Crippen molar-refractivity contribution in [1.82, 2.24) is 14.5 Å². The number of ether oxygens (including phenoxy) is 1. The molecule has 3 aromatic rings. The number of carbonyl (C=O) groups excluding carboxylic acids is 1. The molecule has 158 valence electrons. The number of hydrogen-bond acceptors (Lipinski definition) is 5. The molecule has 2 aromatic carbocycles. The van der Waals surface area contributed by atoms with E-state index >= 15 is 0 Å². The highest BCUT2D eigenvalue weighted by Gasteiger charge is 2.18. The van der Waals surface area contributed by atoms with Crippen molar-refractivity contribution >= 4 is 28.6 Å². The summed E-state index contributed by atoms with van der Waals surface area (Å²) in [6.07, 6.45) is 0.801. The van der Waals surface area contributed by atoms with Crippen LogP contribution in [0.15, 0.2) is 58.5 Å². The largest absolute Gasteiger partial charge is 0.496 e. The van der Waals surface area contributed by atoms with Gasteiger partial charge in [0.25, 0.3) is 5.56 Å². The van der Waals surface area contributed by atoms with Crippen LogP contribution < -0.4 is 10.3 Å². The monoisotopic (exact) mass is 425 g/mol. The third-order valence-electron chi connectivity index (χ3n) is 5.16. The molecular formula is C23H27N3O3S. The lowest BCUT2D eigenvalue weighted by Gasteiger charge is -2.20. The topological polar surface area (TPSA) is 64.4 Å². The zero-order chi connectivity index (χ0) is 21.7. The number of rotatable bonds is 8. The third kappa shape index (κ3) is 4.67. The fraction of sp³-hybridized carbons (Fsp3) is 0.348. The van der Waals surface area contributed by atoms with E-state index in [9.17, 15) is 9.59 Å². The smallest absolute Gasteiger partial charge is 0.262 e. The minimum absolute atomic E-state index is 0.00137. The first kappa shape index (κ1) is 21.9. The van der Waals surface area contributed by atoms with Gasteiger partial charge in [0.1, 0.15) is 5.75 Å². The summed E-state index contributed by atoms with van der Waals surface area (Å²) in [4.78, 5) is 32.2. The molecule has 0 aliphatic carbocycles. The van der Waals surface area contributed by atoms with Crippen molar-refractivity contribution in [2.75, 3.05) is 19.9 Å². The standard InChI is InChI=1S/C23H27N3O3S/c1-5-16(2)26-22(28)18-11-7-8-12-19(18)24-23(26)30-15-21(27)25(3)14-17-10-6-9-13-20(17)29-4/h6-13,16H,5,14-15H2,1-4H3/t16-/m0/s1. The number of aromatic nitrogens is 2. The van der Waals surface area contributed by atoms with Gasteiger partial charge in [0.2, 0.25) is 5.91 Å². The van der Waals surface area contributed by atoms with Gasteiger partial charge < -0.3 is 9.64 Å². The molecule has 0 saturated heterocycles. The Morgan fingerprint density at radius 1 is 1.20 bits per heavy atom. The van der Waals surface area contributed by atoms with Gasteiger partial charge in [0.15, 0.2) is 5.16 Å². The average molecular weight is 426 g/mol. The fourth-order valence-electron chi connectivity index (χ4n) is 3.21. The van der Waals surface area contributed by atoms with Gasteiger partial charge in [0.05, 0.1) is 23.8 Å². The highest BCUT2D eigenvalue weighted by atomic mass is 32.2. The van der Waals surface area contributed by atoms with Crippen LogP contribution in [0.3, 0.4) is 0 Å². The van der Waals surface area contributed by atoms with Crippen molar-refractivity contribution in [3.05, 3.63) is 64.4 Å². The van der Waals surface area contributed by atoms with E-state index in [1.165, 1.54) is 11.8 Å². The molecule has 0 unspecified atom stereocenters. The molecule has 1 aromatic heterocycles. The van der Waals surface area contributed by atoms with Crippen LogP contribution in [-0.2, 0) is 11.3 Å². The predicted molar refractivity (Wildman–Crippen MR) is 121 cm³/mol. The summed E-state index contributed by atoms with van der Waals surface area (Å²) in [7, 11) is 3.39. The van der Waals surface area contributed by atoms with Crippen molar-refractivity contribution in [2.45, 2.75) is 38.0 Å². The van der Waals surface area contributed by atoms with E-state index in [2.05, 4.69) is 4.98 Å². The fourth-order valence-corrected chi connectivity index (χ4v) is 4.25. The molecule has 7 heteroatoms. The van der Waals surface area contributed by atoms with Crippen LogP contribution in [0.1, 0.15) is 31.9 Å². The Morgan fingerprint density at radius 2 is 1.90 bits per heavy atom. The molecule has 30 heavy (non-hydrogen) atoms. The molecule has 0 N–H and O–H groups in total. The highest BCUT2D eigenvalue weighted by Crippen LogP contribution is 2.23. The van der Waals surface area contributed by atoms with E-state index in [0.29, 0.717) is 22.6 Å². The molecule has 0 spiro atoms. The summed E-state index contributed by atoms with van der Waals surface area (Å²) in [5, 5.41) is 1.17. The lowest BCUT2D eigenvalue weighted by Crippen LogP contribution is -2.29. The van der Waals surface area contributed by atoms with Gasteiger partial charge in [-0.3, -0.25) is 14.2 Å². The maximum Gasteiger partial charge on any atom is 0.262 e. The number of nitrogens with zero attached hydrogens (tertiary/aromatic N) is 3. The van der Waals surface area contributed by atoms with Crippen molar-refractivity contribution in [3.8, 4) is 5.75 Å². The molecule has 1 amide bonds. The Kier molecular flexibility index (Phi) is 7.15. The Bertz CT molecular complexity index is 1100. The molecule has 0 bridgehead atoms. The van der Waals surface area contributed by atoms with Crippen LogP contribution in [0.2, 0.25) is 0 Å². The van der Waals surface area contributed by atoms with E-state index in [1.807, 2.05) is 56.3 Å². The highest BCUT2D eigenvalue weighted by molar-refractivity contribution is 7.99. The van der Waals surface area contributed by atoms with Crippen LogP contribution in [0, 0.1) is 0 Å². The van der Waals surface area contributed by atoms with E-state index in [1.54, 1.807) is 29.7 Å². The summed E-state index contributed by atoms with van der Waals surface area (Å²) in [6.45, 7) is 4.48. The Labute approximate surface area is 180 Å². The number of carbonyl (C=O) groups is 1. The van der Waals surface area contributed by atoms with Crippen LogP contribution >= 0.6 is 11.8 Å². The maximum absolute atomic E-state index is 13.0. The molecule has 0 aliphatic rings. The molecule has 0 radical (unpaired) electrons. The van der Waals surface area contributed by atoms with Gasteiger partial charge >= 0.3 is 0 Å². The first-order valence-corrected chi connectivity index (χ1v) is 10.9. The van der Waals surface area contributed by atoms with E-state index in [0.717, 1.165) is 17.7 Å². The van der Waals surface area contributed by atoms with Crippen molar-refractivity contribution in [1.29, 1.82) is 0 Å². The minimum Gasteiger partial charge on any atom is -0.496 e. The third-order valence-corrected chi connectivity index (χ3v) is 6.10. The van der Waals surface area contributed by atoms with Gasteiger partial charge in [-0.15, -0.1) is 0 Å². The predicted octanol–water partition coefficient (Wildman–Crippen LogP) is 4.13. The molecule has 0 aliphatic heterocycles. The summed E-state index contributed by atoms with van der Waals surface area (Å²) >= 11 is 1.31. The average Bonchev–Trinajstić information content (AvgIpc) is 2.77. The molecule has 1 atom stereocenters. The van der Waals surface area contributed by atoms with Gasteiger partial charge in [-0.1, -0.05) is 49.0 Å². The second-order valence-corrected chi connectivity index (χ2v) is 8.14. The van der Waals surface area contributed by atoms with Crippen LogP contribution in [0.5, 0.6) is 5.75 Å². The number of amides is 1. The van der Waals surface area contributed by atoms with Gasteiger partial charge in [-0.2, -0.15) is 0 Å². The van der Waals surface area contributed by atoms with Gasteiger partial charge in [0, 0.05) is 25.2 Å². The summed E-state index contributed by atoms with van der Waals surface area (Å²) in [5.74, 6) is 0.919. The first-order valence-electron chi connectivity index (χ1n) is 9.96. The van der Waals surface area contributed by atoms with Crippen LogP contribution in [0.4, 0.5) is 0 Å². The lowest BCUT2D eigenvalue weighted by atomic mass is 10.2. The van der Waals surface area contributed by atoms with Gasteiger partial charge in [-0.05, 0) is 31.5 Å². The zero-order valence-corrected chi connectivity index (χ0v) is 18.6. The lowest BCUT2D eigenvalue weighted by molar-refractivity contribution is -0.127. The minimum atomic E-state index is -0.0627. The summed E-state index contributed by atoms with van der Waals surface area (Å²) in [6, 6.07) is 15.0. The Balaban J connectivity index is 1.80. The SMILES string of the molecule is CC[C@H](C)n1c(SCC(=O)N(C)Cc2ccccc2OC)nc2ccccc2c1=O. The molecule has 0 saturated carbocycles.